The van der Waals surface area contributed by atoms with Crippen LogP contribution in [-0.2, 0) is 5.92 Å². The molecule has 1 aromatic rings. The fourth-order valence-electron chi connectivity index (χ4n) is 1.34. The molecule has 1 aliphatic rings. The molecule has 0 N–H and O–H groups in total. The second-order valence-corrected chi connectivity index (χ2v) is 4.52. The van der Waals surface area contributed by atoms with Crippen molar-refractivity contribution in [1.82, 2.24) is 0 Å². The maximum atomic E-state index is 13.3. The van der Waals surface area contributed by atoms with Gasteiger partial charge in [-0.25, -0.2) is 8.78 Å². The van der Waals surface area contributed by atoms with E-state index in [0.717, 1.165) is 0 Å². The quantitative estimate of drug-likeness (QED) is 0.639. The van der Waals surface area contributed by atoms with Crippen LogP contribution >= 0.6 is 23.4 Å². The molecule has 1 heterocycles. The van der Waals surface area contributed by atoms with Crippen LogP contribution in [0.15, 0.2) is 23.1 Å². The Labute approximate surface area is 84.3 Å². The fourth-order valence-corrected chi connectivity index (χ4v) is 2.62. The van der Waals surface area contributed by atoms with E-state index in [1.54, 1.807) is 12.1 Å². The van der Waals surface area contributed by atoms with E-state index in [9.17, 15) is 8.78 Å². The summed E-state index contributed by atoms with van der Waals surface area (Å²) >= 11 is 7.12. The summed E-state index contributed by atoms with van der Waals surface area (Å²) < 4.78 is 26.6. The van der Waals surface area contributed by atoms with Crippen LogP contribution in [0.4, 0.5) is 8.78 Å². The van der Waals surface area contributed by atoms with Gasteiger partial charge in [-0.3, -0.25) is 0 Å². The molecule has 70 valence electrons. The van der Waals surface area contributed by atoms with Gasteiger partial charge in [0.25, 0.3) is 5.92 Å². The zero-order chi connectivity index (χ0) is 9.47. The molecule has 13 heavy (non-hydrogen) atoms. The fraction of sp³-hybridized carbons (Fsp3) is 0.333. The second kappa shape index (κ2) is 3.14. The summed E-state index contributed by atoms with van der Waals surface area (Å²) in [5.74, 6) is -2.23. The highest BCUT2D eigenvalue weighted by atomic mass is 35.5. The van der Waals surface area contributed by atoms with E-state index in [1.165, 1.54) is 17.8 Å². The highest BCUT2D eigenvalue weighted by molar-refractivity contribution is 7.99. The number of thioether (sulfide) groups is 1. The highest BCUT2D eigenvalue weighted by Gasteiger charge is 2.36. The number of benzene rings is 1. The van der Waals surface area contributed by atoms with Crippen LogP contribution in [0.5, 0.6) is 0 Å². The number of fused-ring (bicyclic) bond motifs is 1. The molecule has 0 aromatic heterocycles. The molecular weight excluding hydrogens is 214 g/mol. The third kappa shape index (κ3) is 1.67. The van der Waals surface area contributed by atoms with E-state index in [-0.39, 0.29) is 12.0 Å². The molecule has 0 radical (unpaired) electrons. The number of hydrogen-bond acceptors (Lipinski definition) is 1. The minimum atomic E-state index is -2.70. The molecular formula is C9H7ClF2S. The first-order chi connectivity index (χ1) is 6.09. The first kappa shape index (κ1) is 9.28. The molecule has 0 amide bonds. The van der Waals surface area contributed by atoms with Gasteiger partial charge >= 0.3 is 0 Å². The van der Waals surface area contributed by atoms with E-state index < -0.39 is 5.92 Å². The van der Waals surface area contributed by atoms with Gasteiger partial charge in [0.2, 0.25) is 0 Å². The molecule has 0 atom stereocenters. The van der Waals surface area contributed by atoms with Gasteiger partial charge in [-0.05, 0) is 18.2 Å². The zero-order valence-corrected chi connectivity index (χ0v) is 8.26. The normalized spacial score (nSPS) is 19.6. The Bertz CT molecular complexity index is 338. The predicted octanol–water partition coefficient (Wildman–Crippen LogP) is 3.93. The smallest absolute Gasteiger partial charge is 0.201 e. The average molecular weight is 221 g/mol. The topological polar surface area (TPSA) is 0 Å². The Balaban J connectivity index is 2.55. The van der Waals surface area contributed by atoms with Crippen molar-refractivity contribution in [3.8, 4) is 0 Å². The standard InChI is InChI=1S/C9H7ClF2S/c10-6-1-2-8-7(5-6)9(11,12)3-4-13-8/h1-2,5H,3-4H2. The molecule has 0 saturated heterocycles. The van der Waals surface area contributed by atoms with Gasteiger partial charge in [-0.15, -0.1) is 11.8 Å². The summed E-state index contributed by atoms with van der Waals surface area (Å²) in [6.45, 7) is 0. The Morgan fingerprint density at radius 2 is 2.15 bits per heavy atom. The molecule has 0 saturated carbocycles. The molecule has 0 bridgehead atoms. The van der Waals surface area contributed by atoms with E-state index in [2.05, 4.69) is 0 Å². The van der Waals surface area contributed by atoms with Crippen molar-refractivity contribution < 1.29 is 8.78 Å². The van der Waals surface area contributed by atoms with Crippen molar-refractivity contribution in [3.05, 3.63) is 28.8 Å². The SMILES string of the molecule is FC1(F)CCSc2ccc(Cl)cc21. The predicted molar refractivity (Wildman–Crippen MR) is 50.7 cm³/mol. The number of alkyl halides is 2. The summed E-state index contributed by atoms with van der Waals surface area (Å²) in [5.41, 5.74) is 0.0799. The van der Waals surface area contributed by atoms with Crippen molar-refractivity contribution in [2.75, 3.05) is 5.75 Å². The summed E-state index contributed by atoms with van der Waals surface area (Å²) in [6.07, 6.45) is -0.0923. The lowest BCUT2D eigenvalue weighted by atomic mass is 10.1. The van der Waals surface area contributed by atoms with E-state index in [0.29, 0.717) is 15.7 Å². The largest absolute Gasteiger partial charge is 0.275 e. The second-order valence-electron chi connectivity index (χ2n) is 2.94. The van der Waals surface area contributed by atoms with Crippen molar-refractivity contribution >= 4 is 23.4 Å². The van der Waals surface area contributed by atoms with Crippen molar-refractivity contribution in [2.45, 2.75) is 17.2 Å². The van der Waals surface area contributed by atoms with Gasteiger partial charge in [0, 0.05) is 27.7 Å². The van der Waals surface area contributed by atoms with Crippen molar-refractivity contribution in [1.29, 1.82) is 0 Å². The summed E-state index contributed by atoms with van der Waals surface area (Å²) in [4.78, 5) is 0.653. The molecule has 0 nitrogen and oxygen atoms in total. The molecule has 0 unspecified atom stereocenters. The molecule has 2 rings (SSSR count). The van der Waals surface area contributed by atoms with Gasteiger partial charge < -0.3 is 0 Å². The summed E-state index contributed by atoms with van der Waals surface area (Å²) in [7, 11) is 0. The lowest BCUT2D eigenvalue weighted by molar-refractivity contribution is -0.0115. The van der Waals surface area contributed by atoms with Crippen LogP contribution < -0.4 is 0 Å². The van der Waals surface area contributed by atoms with E-state index in [4.69, 9.17) is 11.6 Å². The first-order valence-corrected chi connectivity index (χ1v) is 5.26. The molecule has 0 aliphatic carbocycles. The first-order valence-electron chi connectivity index (χ1n) is 3.90. The summed E-state index contributed by atoms with van der Waals surface area (Å²) in [6, 6.07) is 4.67. The average Bonchev–Trinajstić information content (AvgIpc) is 2.06. The van der Waals surface area contributed by atoms with Crippen LogP contribution in [0.3, 0.4) is 0 Å². The third-order valence-corrected chi connectivity index (χ3v) is 3.32. The number of rotatable bonds is 0. The van der Waals surface area contributed by atoms with Crippen LogP contribution in [0.2, 0.25) is 5.02 Å². The van der Waals surface area contributed by atoms with Crippen LogP contribution in [0, 0.1) is 0 Å². The van der Waals surface area contributed by atoms with Crippen LogP contribution in [0.25, 0.3) is 0 Å². The Morgan fingerprint density at radius 1 is 1.38 bits per heavy atom. The summed E-state index contributed by atoms with van der Waals surface area (Å²) in [5, 5.41) is 0.376. The molecule has 4 heteroatoms. The maximum Gasteiger partial charge on any atom is 0.275 e. The van der Waals surface area contributed by atoms with Crippen molar-refractivity contribution in [2.24, 2.45) is 0 Å². The van der Waals surface area contributed by atoms with Gasteiger partial charge in [-0.1, -0.05) is 11.6 Å². The zero-order valence-electron chi connectivity index (χ0n) is 6.69. The van der Waals surface area contributed by atoms with E-state index in [1.807, 2.05) is 0 Å². The van der Waals surface area contributed by atoms with E-state index >= 15 is 0 Å². The Kier molecular flexibility index (Phi) is 2.24. The monoisotopic (exact) mass is 220 g/mol. The van der Waals surface area contributed by atoms with Crippen LogP contribution in [-0.4, -0.2) is 5.75 Å². The lowest BCUT2D eigenvalue weighted by Crippen LogP contribution is -2.19. The van der Waals surface area contributed by atoms with Gasteiger partial charge in [0.15, 0.2) is 0 Å². The third-order valence-electron chi connectivity index (χ3n) is 2.01. The number of hydrogen-bond donors (Lipinski definition) is 0. The highest BCUT2D eigenvalue weighted by Crippen LogP contribution is 2.44. The van der Waals surface area contributed by atoms with Gasteiger partial charge in [0.1, 0.15) is 0 Å². The Hall–Kier alpha value is -0.280. The van der Waals surface area contributed by atoms with Crippen LogP contribution in [0.1, 0.15) is 12.0 Å². The van der Waals surface area contributed by atoms with Gasteiger partial charge in [0.05, 0.1) is 0 Å². The minimum Gasteiger partial charge on any atom is -0.201 e. The molecule has 1 aromatic carbocycles. The Morgan fingerprint density at radius 3 is 2.92 bits per heavy atom. The minimum absolute atomic E-state index is 0.0799. The number of halogens is 3. The maximum absolute atomic E-state index is 13.3. The molecule has 1 aliphatic heterocycles. The van der Waals surface area contributed by atoms with Gasteiger partial charge in [-0.2, -0.15) is 0 Å². The van der Waals surface area contributed by atoms with Crippen molar-refractivity contribution in [3.63, 3.8) is 0 Å². The molecule has 0 spiro atoms. The molecule has 0 fully saturated rings. The lowest BCUT2D eigenvalue weighted by Gasteiger charge is -2.24.